The fraction of sp³-hybridized carbons (Fsp3) is 0.278. The van der Waals surface area contributed by atoms with Crippen molar-refractivity contribution in [1.82, 2.24) is 0 Å². The molecule has 0 aromatic heterocycles. The van der Waals surface area contributed by atoms with Gasteiger partial charge in [0, 0.05) is 31.1 Å². The predicted octanol–water partition coefficient (Wildman–Crippen LogP) is 3.44. The van der Waals surface area contributed by atoms with E-state index >= 15 is 0 Å². The number of benzene rings is 2. The molecule has 1 N–H and O–H groups in total. The van der Waals surface area contributed by atoms with Crippen molar-refractivity contribution in [3.8, 4) is 0 Å². The molecule has 0 aliphatic heterocycles. The van der Waals surface area contributed by atoms with Crippen molar-refractivity contribution >= 4 is 18.7 Å². The van der Waals surface area contributed by atoms with Gasteiger partial charge >= 0.3 is 0 Å². The van der Waals surface area contributed by atoms with Crippen LogP contribution >= 0.6 is 0 Å². The molecule has 0 aliphatic rings. The van der Waals surface area contributed by atoms with Gasteiger partial charge in [-0.1, -0.05) is 81.4 Å². The van der Waals surface area contributed by atoms with Crippen molar-refractivity contribution in [1.29, 1.82) is 0 Å². The van der Waals surface area contributed by atoms with E-state index in [0.29, 0.717) is 0 Å². The van der Waals surface area contributed by atoms with Crippen LogP contribution in [-0.2, 0) is 4.43 Å². The summed E-state index contributed by atoms with van der Waals surface area (Å²) in [4.78, 5) is 0. The molecule has 0 saturated heterocycles. The zero-order valence-electron chi connectivity index (χ0n) is 13.6. The fourth-order valence-electron chi connectivity index (χ4n) is 2.87. The molecule has 0 heterocycles. The van der Waals surface area contributed by atoms with Gasteiger partial charge in [0.25, 0.3) is 0 Å². The van der Waals surface area contributed by atoms with Crippen LogP contribution in [0.15, 0.2) is 60.7 Å². The zero-order chi connectivity index (χ0) is 15.5. The predicted molar refractivity (Wildman–Crippen MR) is 89.6 cm³/mol. The summed E-state index contributed by atoms with van der Waals surface area (Å²) in [5.74, 6) is 0. The average Bonchev–Trinajstić information content (AvgIpc) is 2.45. The molecule has 22 heavy (non-hydrogen) atoms. The Morgan fingerprint density at radius 1 is 0.864 bits per heavy atom. The summed E-state index contributed by atoms with van der Waals surface area (Å²) in [5.41, 5.74) is 0. The second-order valence-electron chi connectivity index (χ2n) is 6.28. The summed E-state index contributed by atoms with van der Waals surface area (Å²) < 4.78 is 6.19. The van der Waals surface area contributed by atoms with Gasteiger partial charge < -0.3 is 9.53 Å². The second kappa shape index (κ2) is 7.95. The molecule has 2 aromatic rings. The summed E-state index contributed by atoms with van der Waals surface area (Å²) >= 11 is 0. The Bertz CT molecular complexity index is 525. The Balaban J connectivity index is 0.00000242. The number of aliphatic hydroxyl groups is 1. The third kappa shape index (κ3) is 3.93. The first kappa shape index (κ1) is 19.7. The van der Waals surface area contributed by atoms with Crippen molar-refractivity contribution in [2.24, 2.45) is 0 Å². The SMILES string of the molecule is C[C-](O)O[Si](c1ccccc1)(c1ccccc1)C(C)(C)C.[U]. The molecule has 0 amide bonds. The molecular formula is C18H23O2SiU-. The standard InChI is InChI=1S/C18H23O2Si.U/c1-15(19)20-21(18(2,3)4,16-11-7-5-8-12-16)17-13-9-6-10-14-17;/h5-14,19H,1-4H3;/q-1;. The van der Waals surface area contributed by atoms with Gasteiger partial charge in [-0.3, -0.25) is 0 Å². The Morgan fingerprint density at radius 3 is 1.50 bits per heavy atom. The van der Waals surface area contributed by atoms with Gasteiger partial charge in [-0.25, -0.2) is 0 Å². The van der Waals surface area contributed by atoms with Crippen LogP contribution in [0.2, 0.25) is 5.04 Å². The van der Waals surface area contributed by atoms with Crippen molar-refractivity contribution < 1.29 is 40.6 Å². The van der Waals surface area contributed by atoms with Crippen molar-refractivity contribution in [3.05, 3.63) is 67.0 Å². The molecule has 0 radical (unpaired) electrons. The first-order chi connectivity index (χ1) is 9.88. The van der Waals surface area contributed by atoms with Crippen LogP contribution < -0.4 is 10.4 Å². The van der Waals surface area contributed by atoms with Crippen LogP contribution in [0, 0.1) is 37.4 Å². The molecule has 4 heteroatoms. The van der Waals surface area contributed by atoms with Crippen LogP contribution in [0.25, 0.3) is 0 Å². The Labute approximate surface area is 158 Å². The summed E-state index contributed by atoms with van der Waals surface area (Å²) in [6.07, 6.45) is 0.0318. The summed E-state index contributed by atoms with van der Waals surface area (Å²) in [7, 11) is -2.60. The maximum absolute atomic E-state index is 9.90. The van der Waals surface area contributed by atoms with E-state index in [-0.39, 0.29) is 42.4 Å². The van der Waals surface area contributed by atoms with Gasteiger partial charge in [-0.2, -0.15) is 0 Å². The average molecular weight is 537 g/mol. The van der Waals surface area contributed by atoms with Crippen LogP contribution in [0.4, 0.5) is 0 Å². The molecule has 116 valence electrons. The molecular weight excluding hydrogens is 514 g/mol. The van der Waals surface area contributed by atoms with E-state index in [1.807, 2.05) is 36.4 Å². The van der Waals surface area contributed by atoms with Gasteiger partial charge in [-0.15, -0.1) is 13.2 Å². The van der Waals surface area contributed by atoms with Gasteiger partial charge in [-0.05, 0) is 15.4 Å². The minimum absolute atomic E-state index is 0. The van der Waals surface area contributed by atoms with Crippen LogP contribution in [0.5, 0.6) is 0 Å². The van der Waals surface area contributed by atoms with Crippen LogP contribution in [0.1, 0.15) is 27.7 Å². The van der Waals surface area contributed by atoms with E-state index in [1.165, 1.54) is 0 Å². The van der Waals surface area contributed by atoms with E-state index in [2.05, 4.69) is 45.0 Å². The molecule has 0 spiro atoms. The molecule has 2 rings (SSSR count). The molecule has 0 aliphatic carbocycles. The molecule has 2 aromatic carbocycles. The largest absolute Gasteiger partial charge is 0.556 e. The number of rotatable bonds is 4. The van der Waals surface area contributed by atoms with Crippen molar-refractivity contribution in [2.45, 2.75) is 32.7 Å². The van der Waals surface area contributed by atoms with Crippen LogP contribution in [0.3, 0.4) is 0 Å². The summed E-state index contributed by atoms with van der Waals surface area (Å²) in [6.45, 7) is 8.16. The van der Waals surface area contributed by atoms with Crippen molar-refractivity contribution in [2.75, 3.05) is 0 Å². The third-order valence-electron chi connectivity index (χ3n) is 3.72. The third-order valence-corrected chi connectivity index (χ3v) is 8.72. The van der Waals surface area contributed by atoms with E-state index in [0.717, 1.165) is 10.4 Å². The first-order valence-corrected chi connectivity index (χ1v) is 9.11. The van der Waals surface area contributed by atoms with Crippen molar-refractivity contribution in [3.63, 3.8) is 0 Å². The summed E-state index contributed by atoms with van der Waals surface area (Å²) in [5, 5.41) is 12.1. The van der Waals surface area contributed by atoms with Gasteiger partial charge in [0.15, 0.2) is 0 Å². The maximum atomic E-state index is 9.90. The first-order valence-electron chi connectivity index (χ1n) is 7.20. The van der Waals surface area contributed by atoms with E-state index in [9.17, 15) is 5.11 Å². The Hall–Kier alpha value is -0.371. The van der Waals surface area contributed by atoms with Gasteiger partial charge in [0.05, 0.1) is 0 Å². The molecule has 0 bridgehead atoms. The van der Waals surface area contributed by atoms with Crippen LogP contribution in [-0.4, -0.2) is 13.4 Å². The van der Waals surface area contributed by atoms with E-state index < -0.39 is 8.32 Å². The van der Waals surface area contributed by atoms with Gasteiger partial charge in [0.1, 0.15) is 0 Å². The Kier molecular flexibility index (Phi) is 7.11. The molecule has 0 unspecified atom stereocenters. The minimum atomic E-state index is -2.60. The normalized spacial score (nSPS) is 12.1. The molecule has 2 nitrogen and oxygen atoms in total. The van der Waals surface area contributed by atoms with E-state index in [4.69, 9.17) is 4.43 Å². The minimum Gasteiger partial charge on any atom is -0.556 e. The van der Waals surface area contributed by atoms with Gasteiger partial charge in [0.2, 0.25) is 8.32 Å². The number of hydrogen-bond donors (Lipinski definition) is 1. The number of hydrogen-bond acceptors (Lipinski definition) is 2. The monoisotopic (exact) mass is 537 g/mol. The molecule has 0 saturated carbocycles. The molecule has 0 atom stereocenters. The quantitative estimate of drug-likeness (QED) is 0.479. The summed E-state index contributed by atoms with van der Waals surface area (Å²) in [6, 6.07) is 20.5. The zero-order valence-corrected chi connectivity index (χ0v) is 18.8. The molecule has 0 fully saturated rings. The Morgan fingerprint density at radius 2 is 1.23 bits per heavy atom. The smallest absolute Gasteiger partial charge is 0.232 e. The fourth-order valence-corrected chi connectivity index (χ4v) is 7.25. The maximum Gasteiger partial charge on any atom is 0.232 e. The number of aliphatic hydroxyl groups excluding tert-OH is 1. The van der Waals surface area contributed by atoms with E-state index in [1.54, 1.807) is 6.92 Å². The second-order valence-corrected chi connectivity index (χ2v) is 10.5. The topological polar surface area (TPSA) is 29.5 Å².